The highest BCUT2D eigenvalue weighted by molar-refractivity contribution is 7.90. The molecule has 0 radical (unpaired) electrons. The van der Waals surface area contributed by atoms with Gasteiger partial charge in [0, 0.05) is 47.7 Å². The topological polar surface area (TPSA) is 105 Å². The molecule has 1 saturated heterocycles. The van der Waals surface area contributed by atoms with Gasteiger partial charge in [0.15, 0.2) is 0 Å². The van der Waals surface area contributed by atoms with Gasteiger partial charge in [-0.15, -0.1) is 0 Å². The van der Waals surface area contributed by atoms with Crippen molar-refractivity contribution in [3.05, 3.63) is 53.5 Å². The first-order chi connectivity index (χ1) is 18.0. The first-order valence-corrected chi connectivity index (χ1v) is 13.5. The molecule has 0 spiro atoms. The minimum Gasteiger partial charge on any atom is -0.351 e. The molecule has 2 aliphatic rings. The number of anilines is 1. The number of hydrogen-bond donors (Lipinski definition) is 2. The van der Waals surface area contributed by atoms with E-state index >= 15 is 0 Å². The molecule has 1 aliphatic carbocycles. The summed E-state index contributed by atoms with van der Waals surface area (Å²) in [5.41, 5.74) is 5.30. The Kier molecular flexibility index (Phi) is 5.63. The highest BCUT2D eigenvalue weighted by Crippen LogP contribution is 2.32. The minimum atomic E-state index is -3.13. The van der Waals surface area contributed by atoms with Gasteiger partial charge in [-0.3, -0.25) is 0 Å². The zero-order chi connectivity index (χ0) is 27.1. The van der Waals surface area contributed by atoms with E-state index < -0.39 is 17.0 Å². The van der Waals surface area contributed by atoms with Crippen LogP contribution in [0.15, 0.2) is 36.8 Å². The van der Waals surface area contributed by atoms with Gasteiger partial charge in [-0.05, 0) is 69.3 Å². The maximum Gasteiger partial charge on any atom is 0.223 e. The predicted octanol–water partition coefficient (Wildman–Crippen LogP) is 3.03. The third-order valence-electron chi connectivity index (χ3n) is 6.72. The fraction of sp³-hybridized carbons (Fsp3) is 0.480. The van der Waals surface area contributed by atoms with E-state index in [1.807, 2.05) is 38.2 Å². The summed E-state index contributed by atoms with van der Waals surface area (Å²) >= 11 is 0. The lowest BCUT2D eigenvalue weighted by atomic mass is 10.1. The molecule has 2 fully saturated rings. The summed E-state index contributed by atoms with van der Waals surface area (Å²) in [5, 5.41) is 10.3. The minimum absolute atomic E-state index is 0.111. The molecule has 9 nitrogen and oxygen atoms in total. The van der Waals surface area contributed by atoms with Crippen LogP contribution in [0.5, 0.6) is 0 Å². The Balaban J connectivity index is 1.26. The number of hydrogen-bond acceptors (Lipinski definition) is 7. The predicted molar refractivity (Wildman–Crippen MR) is 137 cm³/mol. The number of nitrogens with zero attached hydrogens (tertiary/aromatic N) is 5. The number of nitrogens with one attached hydrogen (secondary N) is 2. The molecule has 1 aliphatic heterocycles. The highest BCUT2D eigenvalue weighted by atomic mass is 32.2. The van der Waals surface area contributed by atoms with Gasteiger partial charge in [-0.1, -0.05) is 12.1 Å². The zero-order valence-corrected chi connectivity index (χ0v) is 20.8. The SMILES string of the molecule is [2H]C([2H])([2H])NCc1ccc(-n2cc(-c3nc(NC4CCN(S(=O)(=O)C5CC5)CC4)ncc3C)cn2)c(C)c1. The fourth-order valence-corrected chi connectivity index (χ4v) is 6.45. The lowest BCUT2D eigenvalue weighted by Crippen LogP contribution is -2.43. The summed E-state index contributed by atoms with van der Waals surface area (Å²) in [5.74, 6) is 0.518. The quantitative estimate of drug-likeness (QED) is 0.492. The van der Waals surface area contributed by atoms with Crippen LogP contribution in [0.1, 0.15) is 46.5 Å². The molecule has 5 rings (SSSR count). The molecule has 0 unspecified atom stereocenters. The van der Waals surface area contributed by atoms with Crippen molar-refractivity contribution in [2.45, 2.75) is 57.4 Å². The van der Waals surface area contributed by atoms with Crippen LogP contribution in [0, 0.1) is 13.8 Å². The average molecular weight is 499 g/mol. The zero-order valence-electron chi connectivity index (χ0n) is 23.0. The van der Waals surface area contributed by atoms with Crippen molar-refractivity contribution in [1.29, 1.82) is 0 Å². The first kappa shape index (κ1) is 20.4. The lowest BCUT2D eigenvalue weighted by molar-refractivity contribution is 0.328. The summed E-state index contributed by atoms with van der Waals surface area (Å²) in [4.78, 5) is 9.23. The fourth-order valence-electron chi connectivity index (χ4n) is 4.58. The largest absolute Gasteiger partial charge is 0.351 e. The third kappa shape index (κ3) is 5.10. The van der Waals surface area contributed by atoms with Crippen molar-refractivity contribution in [3.8, 4) is 16.9 Å². The van der Waals surface area contributed by atoms with Gasteiger partial charge >= 0.3 is 0 Å². The summed E-state index contributed by atoms with van der Waals surface area (Å²) in [6.45, 7) is 3.04. The normalized spacial score (nSPS) is 19.2. The van der Waals surface area contributed by atoms with E-state index in [0.717, 1.165) is 46.5 Å². The summed E-state index contributed by atoms with van der Waals surface area (Å²) < 4.78 is 50.4. The van der Waals surface area contributed by atoms with Gasteiger partial charge in [-0.2, -0.15) is 5.10 Å². The van der Waals surface area contributed by atoms with Gasteiger partial charge in [-0.25, -0.2) is 27.4 Å². The molecule has 1 saturated carbocycles. The average Bonchev–Trinajstić information content (AvgIpc) is 3.63. The first-order valence-electron chi connectivity index (χ1n) is 13.5. The van der Waals surface area contributed by atoms with Crippen LogP contribution in [0.4, 0.5) is 5.95 Å². The third-order valence-corrected chi connectivity index (χ3v) is 9.12. The van der Waals surface area contributed by atoms with Crippen LogP contribution in [0.25, 0.3) is 16.9 Å². The van der Waals surface area contributed by atoms with Gasteiger partial charge in [0.2, 0.25) is 16.0 Å². The Hall–Kier alpha value is -2.82. The monoisotopic (exact) mass is 498 g/mol. The molecular weight excluding hydrogens is 462 g/mol. The molecule has 35 heavy (non-hydrogen) atoms. The molecule has 3 heterocycles. The van der Waals surface area contributed by atoms with Crippen molar-refractivity contribution >= 4 is 16.0 Å². The number of aromatic nitrogens is 4. The highest BCUT2D eigenvalue weighted by Gasteiger charge is 2.41. The number of rotatable bonds is 8. The van der Waals surface area contributed by atoms with E-state index in [1.165, 1.54) is 0 Å². The molecule has 2 aromatic heterocycles. The van der Waals surface area contributed by atoms with Crippen molar-refractivity contribution in [1.82, 2.24) is 29.4 Å². The summed E-state index contributed by atoms with van der Waals surface area (Å²) in [7, 11) is -3.13. The molecular formula is C25H33N7O2S. The Labute approximate surface area is 211 Å². The van der Waals surface area contributed by atoms with E-state index in [-0.39, 0.29) is 17.8 Å². The van der Waals surface area contributed by atoms with Crippen molar-refractivity contribution in [2.24, 2.45) is 0 Å². The van der Waals surface area contributed by atoms with Crippen LogP contribution in [0.3, 0.4) is 0 Å². The smallest absolute Gasteiger partial charge is 0.223 e. The van der Waals surface area contributed by atoms with Crippen LogP contribution in [0.2, 0.25) is 0 Å². The van der Waals surface area contributed by atoms with Gasteiger partial charge in [0.05, 0.1) is 22.8 Å². The number of benzene rings is 1. The molecule has 3 aromatic rings. The van der Waals surface area contributed by atoms with E-state index in [0.29, 0.717) is 31.9 Å². The molecule has 2 N–H and O–H groups in total. The molecule has 0 amide bonds. The van der Waals surface area contributed by atoms with Crippen LogP contribution in [-0.2, 0) is 16.6 Å². The Morgan fingerprint density at radius 3 is 2.63 bits per heavy atom. The lowest BCUT2D eigenvalue weighted by Gasteiger charge is -2.31. The Morgan fingerprint density at radius 1 is 1.11 bits per heavy atom. The Bertz CT molecular complexity index is 1410. The maximum atomic E-state index is 12.5. The standard InChI is InChI=1S/C25H33N7O2S/c1-17-12-19(14-26-3)4-7-23(17)32-16-20(15-28-32)24-18(2)13-27-25(30-24)29-21-8-10-31(11-9-21)35(33,34)22-5-6-22/h4,7,12-13,15-16,21-22,26H,5-6,8-11,14H2,1-3H3,(H,27,29,30)/i3D3. The number of sulfonamides is 1. The summed E-state index contributed by atoms with van der Waals surface area (Å²) in [6, 6.07) is 5.88. The van der Waals surface area contributed by atoms with E-state index in [1.54, 1.807) is 21.4 Å². The summed E-state index contributed by atoms with van der Waals surface area (Å²) in [6.07, 6.45) is 8.47. The van der Waals surface area contributed by atoms with Gasteiger partial charge in [0.25, 0.3) is 0 Å². The number of piperidine rings is 1. The van der Waals surface area contributed by atoms with Crippen molar-refractivity contribution < 1.29 is 12.5 Å². The van der Waals surface area contributed by atoms with Crippen LogP contribution in [-0.4, -0.2) is 63.8 Å². The molecule has 1 aromatic carbocycles. The Morgan fingerprint density at radius 2 is 1.91 bits per heavy atom. The van der Waals surface area contributed by atoms with Crippen LogP contribution < -0.4 is 10.6 Å². The number of aryl methyl sites for hydroxylation is 2. The van der Waals surface area contributed by atoms with E-state index in [9.17, 15) is 8.42 Å². The molecule has 10 heteroatoms. The van der Waals surface area contributed by atoms with E-state index in [4.69, 9.17) is 9.10 Å². The van der Waals surface area contributed by atoms with Crippen molar-refractivity contribution in [2.75, 3.05) is 25.4 Å². The van der Waals surface area contributed by atoms with Gasteiger partial charge < -0.3 is 10.6 Å². The molecule has 186 valence electrons. The molecule has 0 atom stereocenters. The second-order valence-corrected chi connectivity index (χ2v) is 11.6. The van der Waals surface area contributed by atoms with E-state index in [2.05, 4.69) is 20.7 Å². The molecule has 0 bridgehead atoms. The second kappa shape index (κ2) is 9.67. The second-order valence-electron chi connectivity index (χ2n) is 9.44. The van der Waals surface area contributed by atoms with Crippen LogP contribution >= 0.6 is 0 Å². The van der Waals surface area contributed by atoms with Gasteiger partial charge in [0.1, 0.15) is 0 Å². The van der Waals surface area contributed by atoms with Crippen molar-refractivity contribution in [3.63, 3.8) is 0 Å². The maximum absolute atomic E-state index is 12.5.